The first-order valence-corrected chi connectivity index (χ1v) is 9.22. The van der Waals surface area contributed by atoms with Gasteiger partial charge in [0.15, 0.2) is 0 Å². The molecule has 1 saturated heterocycles. The highest BCUT2D eigenvalue weighted by Crippen LogP contribution is 2.28. The highest BCUT2D eigenvalue weighted by molar-refractivity contribution is 5.89. The monoisotopic (exact) mass is 376 g/mol. The van der Waals surface area contributed by atoms with Crippen LogP contribution in [0, 0.1) is 0 Å². The summed E-state index contributed by atoms with van der Waals surface area (Å²) in [5.74, 6) is -0.377. The van der Waals surface area contributed by atoms with Crippen LogP contribution in [0.5, 0.6) is 0 Å². The summed E-state index contributed by atoms with van der Waals surface area (Å²) in [6.07, 6.45) is 4.05. The molecule has 142 valence electrons. The van der Waals surface area contributed by atoms with Crippen molar-refractivity contribution in [3.63, 3.8) is 0 Å². The zero-order valence-electron chi connectivity index (χ0n) is 15.2. The summed E-state index contributed by atoms with van der Waals surface area (Å²) in [4.78, 5) is 28.3. The lowest BCUT2D eigenvalue weighted by molar-refractivity contribution is -0.0339. The summed E-state index contributed by atoms with van der Waals surface area (Å²) in [6.45, 7) is 0.158. The molecule has 0 aliphatic carbocycles. The largest absolute Gasteiger partial charge is 0.459 e. The molecule has 0 radical (unpaired) electrons. The smallest absolute Gasteiger partial charge is 0.349 e. The van der Waals surface area contributed by atoms with Crippen LogP contribution in [0.1, 0.15) is 29.4 Å². The minimum absolute atomic E-state index is 0.158. The van der Waals surface area contributed by atoms with Crippen molar-refractivity contribution in [2.75, 3.05) is 6.61 Å². The second-order valence-corrected chi connectivity index (χ2v) is 6.65. The predicted octanol–water partition coefficient (Wildman–Crippen LogP) is 3.44. The van der Waals surface area contributed by atoms with Gasteiger partial charge < -0.3 is 9.47 Å². The van der Waals surface area contributed by atoms with E-state index >= 15 is 0 Å². The van der Waals surface area contributed by atoms with Crippen LogP contribution in [0.15, 0.2) is 77.9 Å². The number of hydrogen-bond acceptors (Lipinski definition) is 5. The maximum atomic E-state index is 12.2. The van der Waals surface area contributed by atoms with Crippen molar-refractivity contribution in [1.82, 2.24) is 9.55 Å². The topological polar surface area (TPSA) is 70.4 Å². The van der Waals surface area contributed by atoms with E-state index in [4.69, 9.17) is 9.47 Å². The van der Waals surface area contributed by atoms with E-state index in [2.05, 4.69) is 4.98 Å². The number of esters is 1. The average Bonchev–Trinajstić information content (AvgIpc) is 3.22. The number of benzene rings is 2. The minimum atomic E-state index is -0.413. The van der Waals surface area contributed by atoms with E-state index in [9.17, 15) is 9.59 Å². The highest BCUT2D eigenvalue weighted by atomic mass is 16.6. The van der Waals surface area contributed by atoms with E-state index < -0.39 is 6.23 Å². The van der Waals surface area contributed by atoms with Crippen LogP contribution in [0.2, 0.25) is 0 Å². The number of hydrogen-bond donors (Lipinski definition) is 0. The van der Waals surface area contributed by atoms with Crippen LogP contribution in [0.4, 0.5) is 0 Å². The fourth-order valence-corrected chi connectivity index (χ4v) is 3.26. The molecule has 28 heavy (non-hydrogen) atoms. The summed E-state index contributed by atoms with van der Waals surface area (Å²) < 4.78 is 12.8. The lowest BCUT2D eigenvalue weighted by atomic mass is 10.1. The van der Waals surface area contributed by atoms with Crippen LogP contribution >= 0.6 is 0 Å². The second kappa shape index (κ2) is 8.19. The maximum absolute atomic E-state index is 12.2. The molecule has 1 aromatic heterocycles. The Balaban J connectivity index is 1.41. The fourth-order valence-electron chi connectivity index (χ4n) is 3.26. The summed E-state index contributed by atoms with van der Waals surface area (Å²) in [7, 11) is 0. The third-order valence-corrected chi connectivity index (χ3v) is 4.73. The van der Waals surface area contributed by atoms with Crippen LogP contribution in [0.3, 0.4) is 0 Å². The number of ether oxygens (including phenoxy) is 2. The Hall–Kier alpha value is -3.25. The SMILES string of the molecule is O=C(OC[C@@H]1CC[C@@H](n2cc(-c3ccccc3)cnc2=O)O1)c1ccccc1. The maximum Gasteiger partial charge on any atom is 0.349 e. The van der Waals surface area contributed by atoms with E-state index in [-0.39, 0.29) is 24.4 Å². The summed E-state index contributed by atoms with van der Waals surface area (Å²) in [5, 5.41) is 0. The van der Waals surface area contributed by atoms with Crippen molar-refractivity contribution < 1.29 is 14.3 Å². The van der Waals surface area contributed by atoms with Crippen molar-refractivity contribution in [2.24, 2.45) is 0 Å². The Bertz CT molecular complexity index is 1000. The van der Waals surface area contributed by atoms with Crippen molar-refractivity contribution in [1.29, 1.82) is 0 Å². The zero-order chi connectivity index (χ0) is 19.3. The summed E-state index contributed by atoms with van der Waals surface area (Å²) in [6, 6.07) is 18.6. The molecule has 1 fully saturated rings. The minimum Gasteiger partial charge on any atom is -0.459 e. The van der Waals surface area contributed by atoms with E-state index in [1.165, 1.54) is 4.57 Å². The highest BCUT2D eigenvalue weighted by Gasteiger charge is 2.28. The molecule has 6 nitrogen and oxygen atoms in total. The van der Waals surface area contributed by atoms with Gasteiger partial charge >= 0.3 is 11.7 Å². The lowest BCUT2D eigenvalue weighted by Crippen LogP contribution is -2.27. The number of carbonyl (C=O) groups excluding carboxylic acids is 1. The zero-order valence-corrected chi connectivity index (χ0v) is 15.2. The van der Waals surface area contributed by atoms with Gasteiger partial charge in [-0.25, -0.2) is 14.6 Å². The standard InChI is InChI=1S/C22H20N2O4/c25-21(17-9-5-2-6-10-17)27-15-19-11-12-20(28-19)24-14-18(13-23-22(24)26)16-7-3-1-4-8-16/h1-10,13-14,19-20H,11-12,15H2/t19-,20-/m0/s1. The molecule has 1 aliphatic rings. The molecule has 0 unspecified atom stereocenters. The van der Waals surface area contributed by atoms with Gasteiger partial charge in [0, 0.05) is 18.0 Å². The molecule has 0 bridgehead atoms. The van der Waals surface area contributed by atoms with Gasteiger partial charge in [-0.3, -0.25) is 4.57 Å². The molecule has 3 aromatic rings. The van der Waals surface area contributed by atoms with Crippen molar-refractivity contribution in [2.45, 2.75) is 25.2 Å². The van der Waals surface area contributed by atoms with Crippen LogP contribution in [-0.2, 0) is 9.47 Å². The molecule has 0 amide bonds. The molecule has 2 aromatic carbocycles. The number of carbonyl (C=O) groups is 1. The van der Waals surface area contributed by atoms with E-state index in [0.717, 1.165) is 11.1 Å². The van der Waals surface area contributed by atoms with Crippen LogP contribution in [0.25, 0.3) is 11.1 Å². The Morgan fingerprint density at radius 1 is 1.04 bits per heavy atom. The third kappa shape index (κ3) is 4.02. The normalized spacial score (nSPS) is 18.7. The van der Waals surface area contributed by atoms with Crippen LogP contribution < -0.4 is 5.69 Å². The van der Waals surface area contributed by atoms with Gasteiger partial charge in [0.25, 0.3) is 0 Å². The predicted molar refractivity (Wildman–Crippen MR) is 104 cm³/mol. The van der Waals surface area contributed by atoms with E-state index in [0.29, 0.717) is 18.4 Å². The molecule has 2 heterocycles. The molecule has 2 atom stereocenters. The van der Waals surface area contributed by atoms with Gasteiger partial charge in [-0.05, 0) is 30.5 Å². The summed E-state index contributed by atoms with van der Waals surface area (Å²) >= 11 is 0. The first-order valence-electron chi connectivity index (χ1n) is 9.22. The van der Waals surface area contributed by atoms with Crippen LogP contribution in [-0.4, -0.2) is 28.2 Å². The molecule has 6 heteroatoms. The number of rotatable bonds is 5. The average molecular weight is 376 g/mol. The second-order valence-electron chi connectivity index (χ2n) is 6.65. The third-order valence-electron chi connectivity index (χ3n) is 4.73. The number of nitrogens with zero attached hydrogens (tertiary/aromatic N) is 2. The molecule has 4 rings (SSSR count). The molecular weight excluding hydrogens is 356 g/mol. The van der Waals surface area contributed by atoms with Crippen molar-refractivity contribution in [3.05, 3.63) is 89.1 Å². The molecule has 0 spiro atoms. The first-order chi connectivity index (χ1) is 13.7. The summed E-state index contributed by atoms with van der Waals surface area (Å²) in [5.41, 5.74) is 1.98. The van der Waals surface area contributed by atoms with E-state index in [1.807, 2.05) is 36.4 Å². The van der Waals surface area contributed by atoms with E-state index in [1.54, 1.807) is 36.7 Å². The fraction of sp³-hybridized carbons (Fsp3) is 0.227. The van der Waals surface area contributed by atoms with Gasteiger partial charge in [-0.1, -0.05) is 48.5 Å². The molecular formula is C22H20N2O4. The Morgan fingerprint density at radius 2 is 1.75 bits per heavy atom. The van der Waals surface area contributed by atoms with Gasteiger partial charge in [0.2, 0.25) is 0 Å². The van der Waals surface area contributed by atoms with Gasteiger partial charge in [-0.15, -0.1) is 0 Å². The van der Waals surface area contributed by atoms with Crippen molar-refractivity contribution >= 4 is 5.97 Å². The quantitative estimate of drug-likeness (QED) is 0.638. The molecule has 0 N–H and O–H groups in total. The Morgan fingerprint density at radius 3 is 2.50 bits per heavy atom. The lowest BCUT2D eigenvalue weighted by Gasteiger charge is -2.16. The molecule has 1 aliphatic heterocycles. The van der Waals surface area contributed by atoms with Crippen molar-refractivity contribution in [3.8, 4) is 11.1 Å². The Labute approximate surface area is 162 Å². The van der Waals surface area contributed by atoms with Gasteiger partial charge in [-0.2, -0.15) is 0 Å². The first kappa shape index (κ1) is 18.1. The van der Waals surface area contributed by atoms with Gasteiger partial charge in [0.1, 0.15) is 12.8 Å². The molecule has 0 saturated carbocycles. The number of aromatic nitrogens is 2. The Kier molecular flexibility index (Phi) is 5.30. The van der Waals surface area contributed by atoms with Gasteiger partial charge in [0.05, 0.1) is 11.7 Å².